The Labute approximate surface area is 139 Å². The van der Waals surface area contributed by atoms with Gasteiger partial charge in [0.2, 0.25) is 0 Å². The predicted octanol–water partition coefficient (Wildman–Crippen LogP) is 2.89. The Kier molecular flexibility index (Phi) is 4.33. The van der Waals surface area contributed by atoms with E-state index >= 15 is 0 Å². The molecule has 2 N–H and O–H groups in total. The number of aliphatic carboxylic acids is 1. The lowest BCUT2D eigenvalue weighted by Gasteiger charge is -2.08. The molecule has 1 atom stereocenters. The van der Waals surface area contributed by atoms with Crippen LogP contribution in [-0.4, -0.2) is 27.6 Å². The number of fused-ring (bicyclic) bond motifs is 1. The summed E-state index contributed by atoms with van der Waals surface area (Å²) in [6, 6.07) is 16.6. The molecule has 3 aromatic rings. The second-order valence-electron chi connectivity index (χ2n) is 5.71. The lowest BCUT2D eigenvalue weighted by atomic mass is 10.1. The summed E-state index contributed by atoms with van der Waals surface area (Å²) in [4.78, 5) is 23.4. The summed E-state index contributed by atoms with van der Waals surface area (Å²) in [6.45, 7) is 2.09. The van der Waals surface area contributed by atoms with Crippen molar-refractivity contribution in [2.45, 2.75) is 19.5 Å². The van der Waals surface area contributed by atoms with Gasteiger partial charge in [0.1, 0.15) is 6.04 Å². The van der Waals surface area contributed by atoms with Crippen molar-refractivity contribution in [1.82, 2.24) is 9.88 Å². The summed E-state index contributed by atoms with van der Waals surface area (Å²) in [5, 5.41) is 12.3. The molecule has 1 heterocycles. The van der Waals surface area contributed by atoms with E-state index in [2.05, 4.69) is 5.32 Å². The van der Waals surface area contributed by atoms with Crippen LogP contribution < -0.4 is 5.32 Å². The first-order chi connectivity index (χ1) is 11.6. The van der Waals surface area contributed by atoms with Crippen molar-refractivity contribution in [3.05, 3.63) is 71.9 Å². The van der Waals surface area contributed by atoms with E-state index in [1.165, 1.54) is 6.92 Å². The van der Waals surface area contributed by atoms with Crippen LogP contribution >= 0.6 is 0 Å². The second kappa shape index (κ2) is 6.58. The first kappa shape index (κ1) is 15.8. The Morgan fingerprint density at radius 2 is 1.75 bits per heavy atom. The number of nitrogens with one attached hydrogen (secondary N) is 1. The number of nitrogens with zero attached hydrogens (tertiary/aromatic N) is 1. The van der Waals surface area contributed by atoms with Crippen LogP contribution in [0.15, 0.2) is 60.8 Å². The van der Waals surface area contributed by atoms with Crippen molar-refractivity contribution >= 4 is 22.8 Å². The molecule has 122 valence electrons. The van der Waals surface area contributed by atoms with Crippen molar-refractivity contribution in [3.8, 4) is 0 Å². The number of carbonyl (C=O) groups excluding carboxylic acids is 1. The third-order valence-corrected chi connectivity index (χ3v) is 3.95. The fourth-order valence-electron chi connectivity index (χ4n) is 2.67. The summed E-state index contributed by atoms with van der Waals surface area (Å²) >= 11 is 0. The van der Waals surface area contributed by atoms with E-state index in [4.69, 9.17) is 5.11 Å². The highest BCUT2D eigenvalue weighted by molar-refractivity contribution is 6.07. The molecule has 0 aliphatic carbocycles. The van der Waals surface area contributed by atoms with E-state index in [0.29, 0.717) is 12.1 Å². The van der Waals surface area contributed by atoms with Crippen LogP contribution in [0.2, 0.25) is 0 Å². The Balaban J connectivity index is 1.97. The van der Waals surface area contributed by atoms with Crippen molar-refractivity contribution in [2.24, 2.45) is 0 Å². The van der Waals surface area contributed by atoms with Crippen LogP contribution in [0, 0.1) is 0 Å². The van der Waals surface area contributed by atoms with Crippen LogP contribution in [0.5, 0.6) is 0 Å². The monoisotopic (exact) mass is 322 g/mol. The number of hydrogen-bond acceptors (Lipinski definition) is 2. The van der Waals surface area contributed by atoms with Gasteiger partial charge in [0.15, 0.2) is 0 Å². The van der Waals surface area contributed by atoms with Gasteiger partial charge in [0.05, 0.1) is 5.56 Å². The molecule has 0 aliphatic rings. The summed E-state index contributed by atoms with van der Waals surface area (Å²) < 4.78 is 2.00. The van der Waals surface area contributed by atoms with Crippen molar-refractivity contribution in [2.75, 3.05) is 0 Å². The third-order valence-electron chi connectivity index (χ3n) is 3.95. The molecule has 0 unspecified atom stereocenters. The molecule has 2 aromatic carbocycles. The zero-order valence-corrected chi connectivity index (χ0v) is 13.3. The van der Waals surface area contributed by atoms with Crippen LogP contribution in [0.25, 0.3) is 10.9 Å². The number of amides is 1. The minimum atomic E-state index is -1.06. The normalized spacial score (nSPS) is 12.0. The molecule has 1 aromatic heterocycles. The molecule has 0 aliphatic heterocycles. The van der Waals surface area contributed by atoms with Gasteiger partial charge in [-0.2, -0.15) is 0 Å². The lowest BCUT2D eigenvalue weighted by Crippen LogP contribution is -2.38. The van der Waals surface area contributed by atoms with Gasteiger partial charge in [-0.1, -0.05) is 48.5 Å². The predicted molar refractivity (Wildman–Crippen MR) is 92.0 cm³/mol. The van der Waals surface area contributed by atoms with Gasteiger partial charge >= 0.3 is 5.97 Å². The summed E-state index contributed by atoms with van der Waals surface area (Å²) in [5.74, 6) is -1.44. The van der Waals surface area contributed by atoms with Crippen LogP contribution in [-0.2, 0) is 11.3 Å². The molecule has 5 nitrogen and oxygen atoms in total. The molecule has 3 rings (SSSR count). The van der Waals surface area contributed by atoms with E-state index in [0.717, 1.165) is 16.5 Å². The number of carbonyl (C=O) groups is 2. The maximum Gasteiger partial charge on any atom is 0.325 e. The first-order valence-electron chi connectivity index (χ1n) is 7.71. The molecule has 24 heavy (non-hydrogen) atoms. The summed E-state index contributed by atoms with van der Waals surface area (Å²) in [7, 11) is 0. The zero-order chi connectivity index (χ0) is 17.1. The molecule has 0 spiro atoms. The van der Waals surface area contributed by atoms with Crippen molar-refractivity contribution in [3.63, 3.8) is 0 Å². The van der Waals surface area contributed by atoms with Crippen molar-refractivity contribution in [1.29, 1.82) is 0 Å². The molecule has 0 bridgehead atoms. The van der Waals surface area contributed by atoms with Gasteiger partial charge < -0.3 is 15.0 Å². The number of aromatic nitrogens is 1. The molecule has 0 saturated heterocycles. The zero-order valence-electron chi connectivity index (χ0n) is 13.3. The number of benzene rings is 2. The SMILES string of the molecule is C[C@H](NC(=O)c1cn(Cc2ccccc2)c2ccccc12)C(=O)O. The highest BCUT2D eigenvalue weighted by Crippen LogP contribution is 2.22. The fourth-order valence-corrected chi connectivity index (χ4v) is 2.67. The highest BCUT2D eigenvalue weighted by Gasteiger charge is 2.19. The van der Waals surface area contributed by atoms with Crippen molar-refractivity contribution < 1.29 is 14.7 Å². The number of para-hydroxylation sites is 1. The van der Waals surface area contributed by atoms with E-state index in [1.807, 2.05) is 59.2 Å². The number of carboxylic acids is 1. The molecule has 0 fully saturated rings. The molecule has 5 heteroatoms. The van der Waals surface area contributed by atoms with Gasteiger partial charge in [-0.05, 0) is 18.6 Å². The first-order valence-corrected chi connectivity index (χ1v) is 7.71. The third kappa shape index (κ3) is 3.15. The quantitative estimate of drug-likeness (QED) is 0.759. The van der Waals surface area contributed by atoms with Crippen LogP contribution in [0.1, 0.15) is 22.8 Å². The van der Waals surface area contributed by atoms with E-state index < -0.39 is 12.0 Å². The number of hydrogen-bond donors (Lipinski definition) is 2. The minimum Gasteiger partial charge on any atom is -0.480 e. The van der Waals surface area contributed by atoms with Gasteiger partial charge in [-0.3, -0.25) is 9.59 Å². The average Bonchev–Trinajstić information content (AvgIpc) is 2.94. The molecule has 0 radical (unpaired) electrons. The molecular formula is C19H18N2O3. The highest BCUT2D eigenvalue weighted by atomic mass is 16.4. The molecule has 0 saturated carbocycles. The van der Waals surface area contributed by atoms with E-state index in [9.17, 15) is 9.59 Å². The van der Waals surface area contributed by atoms with Gasteiger partial charge in [-0.15, -0.1) is 0 Å². The average molecular weight is 322 g/mol. The van der Waals surface area contributed by atoms with Crippen LogP contribution in [0.4, 0.5) is 0 Å². The maximum atomic E-state index is 12.5. The summed E-state index contributed by atoms with van der Waals surface area (Å²) in [6.07, 6.45) is 1.78. The van der Waals surface area contributed by atoms with Gasteiger partial charge in [0.25, 0.3) is 5.91 Å². The second-order valence-corrected chi connectivity index (χ2v) is 5.71. The van der Waals surface area contributed by atoms with Crippen LogP contribution in [0.3, 0.4) is 0 Å². The number of carboxylic acid groups (broad SMARTS) is 1. The maximum absolute atomic E-state index is 12.5. The van der Waals surface area contributed by atoms with Gasteiger partial charge in [0, 0.05) is 23.6 Å². The topological polar surface area (TPSA) is 71.3 Å². The van der Waals surface area contributed by atoms with Gasteiger partial charge in [-0.25, -0.2) is 0 Å². The summed E-state index contributed by atoms with van der Waals surface area (Å²) in [5.41, 5.74) is 2.55. The Morgan fingerprint density at radius 1 is 1.08 bits per heavy atom. The fraction of sp³-hybridized carbons (Fsp3) is 0.158. The number of rotatable bonds is 5. The Bertz CT molecular complexity index is 884. The smallest absolute Gasteiger partial charge is 0.325 e. The Hall–Kier alpha value is -3.08. The lowest BCUT2D eigenvalue weighted by molar-refractivity contribution is -0.138. The largest absolute Gasteiger partial charge is 0.480 e. The molecule has 1 amide bonds. The van der Waals surface area contributed by atoms with E-state index in [-0.39, 0.29) is 5.91 Å². The minimum absolute atomic E-state index is 0.382. The standard InChI is InChI=1S/C19H18N2O3/c1-13(19(23)24)20-18(22)16-12-21(11-14-7-3-2-4-8-14)17-10-6-5-9-15(16)17/h2-10,12-13H,11H2,1H3,(H,20,22)(H,23,24)/t13-/m0/s1. The Morgan fingerprint density at radius 3 is 2.46 bits per heavy atom. The molecular weight excluding hydrogens is 304 g/mol. The van der Waals surface area contributed by atoms with E-state index in [1.54, 1.807) is 6.20 Å².